The molecule has 0 aromatic heterocycles. The number of carbonyl (C=O) groups is 3. The lowest BCUT2D eigenvalue weighted by Gasteiger charge is -2.63. The predicted octanol–water partition coefficient (Wildman–Crippen LogP) is 3.84. The molecule has 4 aliphatic carbocycles. The third-order valence-electron chi connectivity index (χ3n) is 11.2. The maximum absolute atomic E-state index is 14.2. The van der Waals surface area contributed by atoms with Crippen molar-refractivity contribution in [2.45, 2.75) is 105 Å². The molecule has 0 spiro atoms. The van der Waals surface area contributed by atoms with E-state index in [1.165, 1.54) is 13.0 Å². The van der Waals surface area contributed by atoms with E-state index in [0.717, 1.165) is 5.57 Å². The first-order chi connectivity index (χ1) is 16.7. The SMILES string of the molecule is CC(C)(O)CCC(=O)C(C)(O)[C@H]1[C@H](O)C[C@@]2(C)[C@H]3CC=C4[C@@H](C=C(O)C(=O)C4(C)C)[C@]3(C)C(=O)C[C@]12C. The van der Waals surface area contributed by atoms with Crippen molar-refractivity contribution >= 4 is 17.3 Å². The number of allylic oxidation sites excluding steroid dienone is 4. The summed E-state index contributed by atoms with van der Waals surface area (Å²) < 4.78 is 0. The maximum atomic E-state index is 14.2. The van der Waals surface area contributed by atoms with E-state index >= 15 is 0 Å². The van der Waals surface area contributed by atoms with Gasteiger partial charge in [-0.2, -0.15) is 0 Å². The molecule has 2 saturated carbocycles. The monoisotopic (exact) mass is 516 g/mol. The van der Waals surface area contributed by atoms with Crippen LogP contribution in [0.1, 0.15) is 87.5 Å². The topological polar surface area (TPSA) is 132 Å². The summed E-state index contributed by atoms with van der Waals surface area (Å²) in [6.07, 6.45) is 3.64. The van der Waals surface area contributed by atoms with Crippen molar-refractivity contribution in [3.05, 3.63) is 23.5 Å². The van der Waals surface area contributed by atoms with Crippen LogP contribution in [0.3, 0.4) is 0 Å². The molecule has 1 unspecified atom stereocenters. The highest BCUT2D eigenvalue weighted by Crippen LogP contribution is 2.73. The lowest BCUT2D eigenvalue weighted by Crippen LogP contribution is -2.64. The van der Waals surface area contributed by atoms with Gasteiger partial charge < -0.3 is 20.4 Å². The van der Waals surface area contributed by atoms with Gasteiger partial charge in [0.05, 0.1) is 17.1 Å². The first-order valence-corrected chi connectivity index (χ1v) is 13.5. The van der Waals surface area contributed by atoms with Crippen LogP contribution in [0, 0.1) is 39.4 Å². The molecule has 4 aliphatic rings. The molecule has 37 heavy (non-hydrogen) atoms. The lowest BCUT2D eigenvalue weighted by molar-refractivity contribution is -0.181. The Morgan fingerprint density at radius 2 is 1.65 bits per heavy atom. The van der Waals surface area contributed by atoms with Crippen LogP contribution in [0.25, 0.3) is 0 Å². The number of hydrogen-bond donors (Lipinski definition) is 4. The third-order valence-corrected chi connectivity index (χ3v) is 11.2. The van der Waals surface area contributed by atoms with Crippen molar-refractivity contribution in [3.63, 3.8) is 0 Å². The lowest BCUT2D eigenvalue weighted by atomic mass is 9.39. The van der Waals surface area contributed by atoms with E-state index in [4.69, 9.17) is 0 Å². The number of fused-ring (bicyclic) bond motifs is 5. The second-order valence-electron chi connectivity index (χ2n) is 14.3. The van der Waals surface area contributed by atoms with Gasteiger partial charge in [0.15, 0.2) is 11.5 Å². The number of ketones is 3. The molecule has 0 heterocycles. The van der Waals surface area contributed by atoms with E-state index in [2.05, 4.69) is 6.92 Å². The van der Waals surface area contributed by atoms with Crippen LogP contribution in [0.2, 0.25) is 0 Å². The highest BCUT2D eigenvalue weighted by molar-refractivity contribution is 6.02. The van der Waals surface area contributed by atoms with E-state index < -0.39 is 56.6 Å². The minimum Gasteiger partial charge on any atom is -0.505 e. The van der Waals surface area contributed by atoms with Gasteiger partial charge in [0.1, 0.15) is 11.4 Å². The molecule has 0 aliphatic heterocycles. The molecule has 0 radical (unpaired) electrons. The Hall–Kier alpha value is -1.83. The van der Waals surface area contributed by atoms with Crippen molar-refractivity contribution in [3.8, 4) is 0 Å². The molecule has 7 heteroatoms. The molecule has 206 valence electrons. The smallest absolute Gasteiger partial charge is 0.206 e. The van der Waals surface area contributed by atoms with Crippen LogP contribution in [0.4, 0.5) is 0 Å². The second-order valence-corrected chi connectivity index (χ2v) is 14.3. The van der Waals surface area contributed by atoms with Crippen LogP contribution >= 0.6 is 0 Å². The summed E-state index contributed by atoms with van der Waals surface area (Å²) in [5, 5.41) is 43.7. The van der Waals surface area contributed by atoms with Crippen molar-refractivity contribution in [2.75, 3.05) is 0 Å². The zero-order chi connectivity index (χ0) is 28.1. The molecule has 8 atom stereocenters. The van der Waals surface area contributed by atoms with E-state index in [9.17, 15) is 34.8 Å². The molecule has 7 nitrogen and oxygen atoms in total. The fourth-order valence-corrected chi connectivity index (χ4v) is 8.82. The molecule has 0 aromatic carbocycles. The molecular weight excluding hydrogens is 472 g/mol. The minimum atomic E-state index is -1.88. The Balaban J connectivity index is 1.79. The number of aliphatic hydroxyl groups excluding tert-OH is 2. The number of Topliss-reactive ketones (excluding diaryl/α,β-unsaturated/α-hetero) is 3. The highest BCUT2D eigenvalue weighted by atomic mass is 16.3. The summed E-state index contributed by atoms with van der Waals surface area (Å²) in [5.41, 5.74) is -5.39. The Labute approximate surface area is 220 Å². The molecular formula is C30H44O7. The van der Waals surface area contributed by atoms with Crippen molar-refractivity contribution in [1.82, 2.24) is 0 Å². The Morgan fingerprint density at radius 3 is 2.22 bits per heavy atom. The summed E-state index contributed by atoms with van der Waals surface area (Å²) in [6, 6.07) is 0. The molecule has 0 amide bonds. The van der Waals surface area contributed by atoms with Gasteiger partial charge >= 0.3 is 0 Å². The van der Waals surface area contributed by atoms with E-state index in [1.807, 2.05) is 19.9 Å². The maximum Gasteiger partial charge on any atom is 0.206 e. The largest absolute Gasteiger partial charge is 0.505 e. The summed E-state index contributed by atoms with van der Waals surface area (Å²) in [5.74, 6) is -2.69. The number of carbonyl (C=O) groups excluding carboxylic acids is 3. The Kier molecular flexibility index (Phi) is 6.16. The summed E-state index contributed by atoms with van der Waals surface area (Å²) >= 11 is 0. The van der Waals surface area contributed by atoms with Crippen molar-refractivity contribution in [2.24, 2.45) is 39.4 Å². The summed E-state index contributed by atoms with van der Waals surface area (Å²) in [4.78, 5) is 40.2. The fourth-order valence-electron chi connectivity index (χ4n) is 8.82. The standard InChI is InChI=1S/C30H44O7/c1-25(2,36)12-11-21(33)30(8,37)23-19(32)14-27(5)20-10-9-16-17(13-18(31)24(35)26(16,3)4)29(20,7)22(34)15-28(23,27)6/h9,13,17,19-20,23,31-32,36-37H,10-12,14-15H2,1-8H3/t17-,19-,20-,23+,27+,28-,29+,30?/m1/s1. The van der Waals surface area contributed by atoms with Crippen LogP contribution in [0.15, 0.2) is 23.5 Å². The normalized spacial score (nSPS) is 42.7. The van der Waals surface area contributed by atoms with Gasteiger partial charge in [-0.3, -0.25) is 14.4 Å². The van der Waals surface area contributed by atoms with Crippen molar-refractivity contribution < 1.29 is 34.8 Å². The summed E-state index contributed by atoms with van der Waals surface area (Å²) in [7, 11) is 0. The molecule has 0 aromatic rings. The predicted molar refractivity (Wildman–Crippen MR) is 138 cm³/mol. The van der Waals surface area contributed by atoms with E-state index in [0.29, 0.717) is 12.8 Å². The first kappa shape index (κ1) is 28.2. The minimum absolute atomic E-state index is 0.0387. The second kappa shape index (κ2) is 8.09. The average Bonchev–Trinajstić information content (AvgIpc) is 2.96. The number of rotatable bonds is 5. The van der Waals surface area contributed by atoms with Crippen molar-refractivity contribution in [1.29, 1.82) is 0 Å². The highest BCUT2D eigenvalue weighted by Gasteiger charge is 2.74. The van der Waals surface area contributed by atoms with Gasteiger partial charge in [0.2, 0.25) is 5.78 Å². The van der Waals surface area contributed by atoms with E-state index in [-0.39, 0.29) is 42.5 Å². The van der Waals surface area contributed by atoms with Gasteiger partial charge in [-0.25, -0.2) is 0 Å². The number of aliphatic hydroxyl groups is 4. The van der Waals surface area contributed by atoms with Gasteiger partial charge in [0, 0.05) is 30.1 Å². The molecule has 0 bridgehead atoms. The first-order valence-electron chi connectivity index (χ1n) is 13.5. The van der Waals surface area contributed by atoms with Crippen LogP contribution in [-0.4, -0.2) is 55.1 Å². The molecule has 4 rings (SSSR count). The molecule has 0 saturated heterocycles. The zero-order valence-corrected chi connectivity index (χ0v) is 23.5. The Morgan fingerprint density at radius 1 is 1.05 bits per heavy atom. The van der Waals surface area contributed by atoms with Gasteiger partial charge in [-0.05, 0) is 76.7 Å². The van der Waals surface area contributed by atoms with E-state index in [1.54, 1.807) is 27.7 Å². The number of hydrogen-bond acceptors (Lipinski definition) is 7. The van der Waals surface area contributed by atoms with Gasteiger partial charge in [-0.1, -0.05) is 32.4 Å². The van der Waals surface area contributed by atoms with Crippen LogP contribution < -0.4 is 0 Å². The zero-order valence-electron chi connectivity index (χ0n) is 23.5. The van der Waals surface area contributed by atoms with Gasteiger partial charge in [-0.15, -0.1) is 0 Å². The van der Waals surface area contributed by atoms with Crippen LogP contribution in [-0.2, 0) is 14.4 Å². The Bertz CT molecular complexity index is 1110. The average molecular weight is 517 g/mol. The van der Waals surface area contributed by atoms with Crippen LogP contribution in [0.5, 0.6) is 0 Å². The quantitative estimate of drug-likeness (QED) is 0.408. The molecule has 2 fully saturated rings. The van der Waals surface area contributed by atoms with Gasteiger partial charge in [0.25, 0.3) is 0 Å². The molecule has 4 N–H and O–H groups in total. The summed E-state index contributed by atoms with van der Waals surface area (Å²) in [6.45, 7) is 14.1. The fraction of sp³-hybridized carbons (Fsp3) is 0.767. The third kappa shape index (κ3) is 3.67.